The molecular weight excluding hydrogens is 402 g/mol. The van der Waals surface area contributed by atoms with Crippen LogP contribution in [0, 0.1) is 0 Å². The summed E-state index contributed by atoms with van der Waals surface area (Å²) in [6.07, 6.45) is 1.69. The summed E-state index contributed by atoms with van der Waals surface area (Å²) < 4.78 is 12.0. The maximum absolute atomic E-state index is 12.9. The quantitative estimate of drug-likeness (QED) is 0.686. The molecule has 1 aliphatic rings. The van der Waals surface area contributed by atoms with Crippen LogP contribution >= 0.6 is 11.8 Å². The van der Waals surface area contributed by atoms with Crippen LogP contribution in [-0.4, -0.2) is 29.9 Å². The molecule has 152 valence electrons. The molecule has 0 saturated carbocycles. The lowest BCUT2D eigenvalue weighted by atomic mass is 10.1. The molecule has 0 spiro atoms. The number of aliphatic imine (C=N–C) groups is 1. The Morgan fingerprint density at radius 3 is 2.40 bits per heavy atom. The topological polar surface area (TPSA) is 81.9 Å². The minimum absolute atomic E-state index is 0.174. The zero-order valence-electron chi connectivity index (χ0n) is 16.6. The van der Waals surface area contributed by atoms with Gasteiger partial charge in [-0.3, -0.25) is 9.59 Å². The third kappa shape index (κ3) is 3.81. The van der Waals surface area contributed by atoms with Gasteiger partial charge in [0.15, 0.2) is 0 Å². The number of benzene rings is 2. The van der Waals surface area contributed by atoms with E-state index in [1.807, 2.05) is 18.2 Å². The highest BCUT2D eigenvalue weighted by Gasteiger charge is 2.24. The SMILES string of the molecule is COc1ccc(N=C2NC(=O)SC2=Cc2cc3ccc(OC)cc3n(C)c2=O)cc1. The Kier molecular flexibility index (Phi) is 5.33. The van der Waals surface area contributed by atoms with E-state index in [1.54, 1.807) is 62.2 Å². The Morgan fingerprint density at radius 1 is 1.00 bits per heavy atom. The van der Waals surface area contributed by atoms with E-state index in [1.165, 1.54) is 0 Å². The number of hydrogen-bond donors (Lipinski definition) is 1. The van der Waals surface area contributed by atoms with E-state index in [4.69, 9.17) is 9.47 Å². The van der Waals surface area contributed by atoms with Gasteiger partial charge >= 0.3 is 0 Å². The first kappa shape index (κ1) is 19.8. The Balaban J connectivity index is 1.77. The van der Waals surface area contributed by atoms with Gasteiger partial charge in [0.1, 0.15) is 17.3 Å². The number of pyridine rings is 1. The molecule has 2 heterocycles. The predicted octanol–water partition coefficient (Wildman–Crippen LogP) is 4.08. The van der Waals surface area contributed by atoms with Crippen LogP contribution in [-0.2, 0) is 7.05 Å². The average Bonchev–Trinajstić information content (AvgIpc) is 3.10. The minimum atomic E-state index is -0.240. The largest absolute Gasteiger partial charge is 0.497 e. The van der Waals surface area contributed by atoms with Crippen molar-refractivity contribution in [3.63, 3.8) is 0 Å². The third-order valence-corrected chi connectivity index (χ3v) is 5.54. The molecule has 1 saturated heterocycles. The number of carbonyl (C=O) groups is 1. The van der Waals surface area contributed by atoms with E-state index >= 15 is 0 Å². The molecule has 7 nitrogen and oxygen atoms in total. The Labute approximate surface area is 177 Å². The highest BCUT2D eigenvalue weighted by atomic mass is 32.2. The number of amides is 1. The fraction of sp³-hybridized carbons (Fsp3) is 0.136. The standard InChI is InChI=1S/C22H19N3O4S/c1-25-18-12-17(29-3)7-4-13(18)10-14(21(25)26)11-19-20(24-22(27)30-19)23-15-5-8-16(28-2)9-6-15/h4-12H,1-3H3,(H,23,24,27). The zero-order valence-corrected chi connectivity index (χ0v) is 17.4. The number of hydrogen-bond acceptors (Lipinski definition) is 6. The lowest BCUT2D eigenvalue weighted by Gasteiger charge is -2.09. The molecule has 3 aromatic rings. The van der Waals surface area contributed by atoms with Crippen LogP contribution in [0.3, 0.4) is 0 Å². The van der Waals surface area contributed by atoms with Gasteiger partial charge in [-0.2, -0.15) is 0 Å². The van der Waals surface area contributed by atoms with E-state index in [0.29, 0.717) is 27.7 Å². The number of aromatic nitrogens is 1. The van der Waals surface area contributed by atoms with Crippen molar-refractivity contribution in [3.8, 4) is 11.5 Å². The van der Waals surface area contributed by atoms with Crippen molar-refractivity contribution < 1.29 is 14.3 Å². The van der Waals surface area contributed by atoms with Gasteiger partial charge in [-0.05, 0) is 65.7 Å². The van der Waals surface area contributed by atoms with Crippen molar-refractivity contribution in [2.24, 2.45) is 12.0 Å². The van der Waals surface area contributed by atoms with E-state index in [0.717, 1.165) is 28.4 Å². The summed E-state index contributed by atoms with van der Waals surface area (Å²) in [7, 11) is 4.89. The Hall–Kier alpha value is -3.52. The number of ether oxygens (including phenoxy) is 2. The number of fused-ring (bicyclic) bond motifs is 1. The fourth-order valence-electron chi connectivity index (χ4n) is 3.14. The van der Waals surface area contributed by atoms with Crippen LogP contribution in [0.4, 0.5) is 10.5 Å². The number of nitrogens with one attached hydrogen (secondary N) is 1. The Bertz CT molecular complexity index is 1260. The molecule has 0 radical (unpaired) electrons. The smallest absolute Gasteiger partial charge is 0.289 e. The normalized spacial score (nSPS) is 16.3. The summed E-state index contributed by atoms with van der Waals surface area (Å²) in [5.41, 5.74) is 1.73. The van der Waals surface area contributed by atoms with Crippen molar-refractivity contribution in [1.29, 1.82) is 0 Å². The second-order valence-electron chi connectivity index (χ2n) is 6.57. The van der Waals surface area contributed by atoms with Crippen molar-refractivity contribution >= 4 is 45.5 Å². The lowest BCUT2D eigenvalue weighted by Crippen LogP contribution is -2.20. The molecule has 0 bridgehead atoms. The van der Waals surface area contributed by atoms with Crippen LogP contribution in [0.1, 0.15) is 5.56 Å². The van der Waals surface area contributed by atoms with E-state index in [2.05, 4.69) is 10.3 Å². The van der Waals surface area contributed by atoms with Gasteiger partial charge in [-0.25, -0.2) is 4.99 Å². The molecule has 0 unspecified atom stereocenters. The number of methoxy groups -OCH3 is 2. The molecule has 30 heavy (non-hydrogen) atoms. The molecule has 4 rings (SSSR count). The third-order valence-electron chi connectivity index (χ3n) is 4.72. The van der Waals surface area contributed by atoms with Crippen molar-refractivity contribution in [1.82, 2.24) is 9.88 Å². The van der Waals surface area contributed by atoms with Gasteiger partial charge in [-0.1, -0.05) is 0 Å². The fourth-order valence-corrected chi connectivity index (χ4v) is 3.87. The molecule has 1 fully saturated rings. The van der Waals surface area contributed by atoms with Crippen molar-refractivity contribution in [2.45, 2.75) is 0 Å². The lowest BCUT2D eigenvalue weighted by molar-refractivity contribution is 0.265. The average molecular weight is 421 g/mol. The second kappa shape index (κ2) is 8.08. The highest BCUT2D eigenvalue weighted by molar-refractivity contribution is 8.18. The molecule has 0 atom stereocenters. The number of nitrogens with zero attached hydrogens (tertiary/aromatic N) is 2. The molecule has 8 heteroatoms. The van der Waals surface area contributed by atoms with Crippen molar-refractivity contribution in [2.75, 3.05) is 14.2 Å². The number of rotatable bonds is 4. The van der Waals surface area contributed by atoms with E-state index < -0.39 is 0 Å². The molecule has 1 aliphatic heterocycles. The Morgan fingerprint density at radius 2 is 1.70 bits per heavy atom. The van der Waals surface area contributed by atoms with Gasteiger partial charge in [0.25, 0.3) is 10.8 Å². The molecule has 1 amide bonds. The summed E-state index contributed by atoms with van der Waals surface area (Å²) in [6.45, 7) is 0. The number of aryl methyl sites for hydroxylation is 1. The van der Waals surface area contributed by atoms with Crippen LogP contribution in [0.5, 0.6) is 11.5 Å². The molecule has 1 aromatic heterocycles. The second-order valence-corrected chi connectivity index (χ2v) is 7.58. The minimum Gasteiger partial charge on any atom is -0.497 e. The van der Waals surface area contributed by atoms with E-state index in [-0.39, 0.29) is 10.8 Å². The maximum Gasteiger partial charge on any atom is 0.289 e. The maximum atomic E-state index is 12.9. The number of thioether (sulfide) groups is 1. The van der Waals surface area contributed by atoms with Gasteiger partial charge in [0.2, 0.25) is 0 Å². The molecular formula is C22H19N3O4S. The van der Waals surface area contributed by atoms with E-state index in [9.17, 15) is 9.59 Å². The zero-order chi connectivity index (χ0) is 21.3. The summed E-state index contributed by atoms with van der Waals surface area (Å²) in [5.74, 6) is 1.81. The molecule has 0 aliphatic carbocycles. The first-order valence-electron chi connectivity index (χ1n) is 9.10. The van der Waals surface area contributed by atoms with Gasteiger partial charge in [-0.15, -0.1) is 0 Å². The van der Waals surface area contributed by atoms with Crippen LogP contribution in [0.15, 0.2) is 63.2 Å². The number of amidine groups is 1. The predicted molar refractivity (Wildman–Crippen MR) is 120 cm³/mol. The van der Waals surface area contributed by atoms with Crippen LogP contribution < -0.4 is 20.3 Å². The summed E-state index contributed by atoms with van der Waals surface area (Å²) in [5, 5.41) is 3.39. The summed E-state index contributed by atoms with van der Waals surface area (Å²) in [6, 6.07) is 14.5. The summed E-state index contributed by atoms with van der Waals surface area (Å²) >= 11 is 1.01. The molecule has 1 N–H and O–H groups in total. The first-order valence-corrected chi connectivity index (χ1v) is 9.91. The van der Waals surface area contributed by atoms with Crippen LogP contribution in [0.25, 0.3) is 17.0 Å². The van der Waals surface area contributed by atoms with Gasteiger partial charge in [0, 0.05) is 18.7 Å². The first-order chi connectivity index (χ1) is 14.5. The van der Waals surface area contributed by atoms with Gasteiger partial charge in [0.05, 0.1) is 30.3 Å². The monoisotopic (exact) mass is 421 g/mol. The van der Waals surface area contributed by atoms with Gasteiger partial charge < -0.3 is 19.4 Å². The highest BCUT2D eigenvalue weighted by Crippen LogP contribution is 2.29. The molecule has 2 aromatic carbocycles. The number of carbonyl (C=O) groups excluding carboxylic acids is 1. The van der Waals surface area contributed by atoms with Crippen molar-refractivity contribution in [3.05, 3.63) is 69.4 Å². The van der Waals surface area contributed by atoms with Crippen LogP contribution in [0.2, 0.25) is 0 Å². The summed E-state index contributed by atoms with van der Waals surface area (Å²) in [4.78, 5) is 30.0.